The Morgan fingerprint density at radius 2 is 1.71 bits per heavy atom. The number of hydrogen-bond acceptors (Lipinski definition) is 2. The van der Waals surface area contributed by atoms with Gasteiger partial charge in [0.2, 0.25) is 0 Å². The van der Waals surface area contributed by atoms with Crippen molar-refractivity contribution in [3.63, 3.8) is 0 Å². The molecule has 0 aliphatic heterocycles. The Kier molecular flexibility index (Phi) is 4.43. The lowest BCUT2D eigenvalue weighted by Crippen LogP contribution is -2.72. The van der Waals surface area contributed by atoms with Gasteiger partial charge < -0.3 is 0 Å². The van der Waals surface area contributed by atoms with Crippen molar-refractivity contribution in [2.75, 3.05) is 7.05 Å². The average Bonchev–Trinajstić information content (AvgIpc) is 2.48. The summed E-state index contributed by atoms with van der Waals surface area (Å²) in [7, 11) is -1.93. The van der Waals surface area contributed by atoms with Crippen molar-refractivity contribution in [1.29, 1.82) is 0 Å². The minimum atomic E-state index is -3.62. The van der Waals surface area contributed by atoms with Gasteiger partial charge in [0.25, 0.3) is 5.84 Å². The van der Waals surface area contributed by atoms with E-state index >= 15 is 0 Å². The molecule has 0 heterocycles. The predicted octanol–water partition coefficient (Wildman–Crippen LogP) is 0.739. The van der Waals surface area contributed by atoms with Gasteiger partial charge in [-0.15, -0.1) is 0 Å². The topological polar surface area (TPSA) is 60.1 Å². The molecule has 5 heteroatoms. The molecule has 0 radical (unpaired) electrons. The molecule has 2 rings (SSSR count). The lowest BCUT2D eigenvalue weighted by molar-refractivity contribution is -0.420. The van der Waals surface area contributed by atoms with Gasteiger partial charge in [-0.1, -0.05) is 30.3 Å². The highest BCUT2D eigenvalue weighted by atomic mass is 32.2. The minimum absolute atomic E-state index is 0.297. The van der Waals surface area contributed by atoms with Gasteiger partial charge in [-0.25, -0.2) is 0 Å². The molecule has 0 amide bonds. The van der Waals surface area contributed by atoms with Crippen molar-refractivity contribution < 1.29 is 13.4 Å². The largest absolute Gasteiger partial charge is 0.329 e. The van der Waals surface area contributed by atoms with Gasteiger partial charge in [-0.3, -0.25) is 4.99 Å². The monoisotopic (exact) mass is 303 g/mol. The van der Waals surface area contributed by atoms with E-state index in [0.717, 1.165) is 16.7 Å². The second kappa shape index (κ2) is 6.10. The van der Waals surface area contributed by atoms with E-state index in [-0.39, 0.29) is 0 Å². The summed E-state index contributed by atoms with van der Waals surface area (Å²) in [5, 5.41) is 0. The first-order chi connectivity index (χ1) is 9.94. The van der Waals surface area contributed by atoms with Gasteiger partial charge >= 0.3 is 10.0 Å². The Morgan fingerprint density at radius 3 is 2.33 bits per heavy atom. The van der Waals surface area contributed by atoms with Gasteiger partial charge in [0.05, 0.1) is 12.6 Å². The smallest absolute Gasteiger partial charge is 0.276 e. The molecule has 0 aliphatic rings. The lowest BCUT2D eigenvalue weighted by atomic mass is 10.2. The van der Waals surface area contributed by atoms with Crippen LogP contribution in [0, 0.1) is 13.8 Å². The zero-order valence-corrected chi connectivity index (χ0v) is 13.2. The lowest BCUT2D eigenvalue weighted by Gasteiger charge is -2.08. The molecule has 0 fully saturated rings. The highest BCUT2D eigenvalue weighted by Gasteiger charge is 2.24. The van der Waals surface area contributed by atoms with E-state index in [9.17, 15) is 8.42 Å². The molecular weight excluding hydrogens is 284 g/mol. The summed E-state index contributed by atoms with van der Waals surface area (Å²) < 4.78 is 27.8. The van der Waals surface area contributed by atoms with E-state index < -0.39 is 10.0 Å². The van der Waals surface area contributed by atoms with Crippen molar-refractivity contribution >= 4 is 15.9 Å². The van der Waals surface area contributed by atoms with Crippen molar-refractivity contribution in [1.82, 2.24) is 4.72 Å². The van der Waals surface area contributed by atoms with Gasteiger partial charge in [0.15, 0.2) is 0 Å². The van der Waals surface area contributed by atoms with E-state index in [4.69, 9.17) is 0 Å². The normalized spacial score (nSPS) is 12.2. The van der Waals surface area contributed by atoms with Crippen LogP contribution in [0.1, 0.15) is 16.7 Å². The number of sulfonamides is 1. The molecule has 0 aromatic heterocycles. The number of hydrogen-bond donors (Lipinski definition) is 2. The number of benzene rings is 2. The zero-order chi connectivity index (χ0) is 15.5. The van der Waals surface area contributed by atoms with Crippen molar-refractivity contribution in [3.8, 4) is 0 Å². The molecule has 0 saturated heterocycles. The third kappa shape index (κ3) is 3.49. The van der Waals surface area contributed by atoms with E-state index in [1.807, 2.05) is 49.4 Å². The van der Waals surface area contributed by atoms with E-state index in [1.54, 1.807) is 20.0 Å². The molecule has 2 N–H and O–H groups in total. The van der Waals surface area contributed by atoms with Gasteiger partial charge in [0.1, 0.15) is 4.90 Å². The molecule has 0 spiro atoms. The predicted molar refractivity (Wildman–Crippen MR) is 83.7 cm³/mol. The van der Waals surface area contributed by atoms with Crippen LogP contribution in [-0.4, -0.2) is 21.3 Å². The van der Waals surface area contributed by atoms with Crippen LogP contribution in [0.3, 0.4) is 0 Å². The fourth-order valence-electron chi connectivity index (χ4n) is 2.05. The first-order valence-electron chi connectivity index (χ1n) is 6.64. The molecule has 21 heavy (non-hydrogen) atoms. The molecule has 0 aliphatic carbocycles. The highest BCUT2D eigenvalue weighted by molar-refractivity contribution is 7.90. The third-order valence-electron chi connectivity index (χ3n) is 3.18. The molecule has 0 saturated carbocycles. The standard InChI is InChI=1S/C16H18N2O2S/c1-12-9-10-13(2)15(11-12)21(19,20)18-16(17-3)14-7-5-4-6-8-14/h4-11H,1-3H3,(H,17,18)/p+1. The van der Waals surface area contributed by atoms with Gasteiger partial charge in [-0.05, 0) is 43.2 Å². The van der Waals surface area contributed by atoms with Crippen LogP contribution in [0.2, 0.25) is 0 Å². The molecule has 2 aromatic carbocycles. The Bertz CT molecular complexity index is 766. The Balaban J connectivity index is 2.39. The van der Waals surface area contributed by atoms with Crippen molar-refractivity contribution in [2.45, 2.75) is 18.7 Å². The Hall–Kier alpha value is -2.14. The molecule has 4 nitrogen and oxygen atoms in total. The number of amidine groups is 1. The summed E-state index contributed by atoms with van der Waals surface area (Å²) in [6.45, 7) is 3.66. The first kappa shape index (κ1) is 15.3. The van der Waals surface area contributed by atoms with E-state index in [0.29, 0.717) is 10.7 Å². The van der Waals surface area contributed by atoms with Crippen LogP contribution < -0.4 is 9.71 Å². The van der Waals surface area contributed by atoms with Crippen molar-refractivity contribution in [3.05, 3.63) is 65.2 Å². The van der Waals surface area contributed by atoms with E-state index in [2.05, 4.69) is 9.71 Å². The van der Waals surface area contributed by atoms with Crippen LogP contribution in [0.15, 0.2) is 53.4 Å². The average molecular weight is 303 g/mol. The minimum Gasteiger partial charge on any atom is -0.276 e. The molecule has 0 unspecified atom stereocenters. The fraction of sp³-hybridized carbons (Fsp3) is 0.188. The van der Waals surface area contributed by atoms with Gasteiger partial charge in [0, 0.05) is 0 Å². The van der Waals surface area contributed by atoms with Crippen molar-refractivity contribution in [2.24, 2.45) is 0 Å². The van der Waals surface area contributed by atoms with Crippen LogP contribution in [0.25, 0.3) is 0 Å². The maximum atomic E-state index is 12.6. The SMILES string of the molecule is C[NH+]=C(NS(=O)(=O)c1cc(C)ccc1C)c1ccccc1. The summed E-state index contributed by atoms with van der Waals surface area (Å²) in [6.07, 6.45) is 0. The molecule has 2 aromatic rings. The van der Waals surface area contributed by atoms with Crippen LogP contribution in [-0.2, 0) is 10.0 Å². The number of rotatable bonds is 3. The maximum absolute atomic E-state index is 12.6. The Morgan fingerprint density at radius 1 is 1.05 bits per heavy atom. The summed E-state index contributed by atoms with van der Waals surface area (Å²) in [4.78, 5) is 3.20. The summed E-state index contributed by atoms with van der Waals surface area (Å²) in [6, 6.07) is 14.7. The first-order valence-corrected chi connectivity index (χ1v) is 8.12. The summed E-state index contributed by atoms with van der Waals surface area (Å²) in [5.74, 6) is 0.455. The quantitative estimate of drug-likeness (QED) is 0.649. The summed E-state index contributed by atoms with van der Waals surface area (Å²) >= 11 is 0. The number of nitrogens with one attached hydrogen (secondary N) is 2. The summed E-state index contributed by atoms with van der Waals surface area (Å²) in [5.41, 5.74) is 2.41. The maximum Gasteiger partial charge on any atom is 0.329 e. The third-order valence-corrected chi connectivity index (χ3v) is 4.67. The Labute approximate surface area is 125 Å². The zero-order valence-electron chi connectivity index (χ0n) is 12.3. The molecular formula is C16H19N2O2S+. The molecule has 0 atom stereocenters. The van der Waals surface area contributed by atoms with Crippen LogP contribution in [0.4, 0.5) is 0 Å². The van der Waals surface area contributed by atoms with E-state index in [1.165, 1.54) is 0 Å². The number of aryl methyl sites for hydroxylation is 2. The fourth-order valence-corrected chi connectivity index (χ4v) is 3.48. The second-order valence-electron chi connectivity index (χ2n) is 4.87. The second-order valence-corrected chi connectivity index (χ2v) is 6.52. The molecule has 0 bridgehead atoms. The van der Waals surface area contributed by atoms with Crippen LogP contribution >= 0.6 is 0 Å². The van der Waals surface area contributed by atoms with Gasteiger partial charge in [-0.2, -0.15) is 13.1 Å². The van der Waals surface area contributed by atoms with Crippen LogP contribution in [0.5, 0.6) is 0 Å². The highest BCUT2D eigenvalue weighted by Crippen LogP contribution is 2.16. The molecule has 110 valence electrons.